The zero-order valence-corrected chi connectivity index (χ0v) is 25.7. The van der Waals surface area contributed by atoms with E-state index < -0.39 is 6.04 Å². The molecule has 1 aromatic heterocycles. The Morgan fingerprint density at radius 2 is 1.87 bits per heavy atom. The number of hydrogen-bond donors (Lipinski definition) is 1. The Kier molecular flexibility index (Phi) is 10.7. The van der Waals surface area contributed by atoms with Crippen molar-refractivity contribution in [3.63, 3.8) is 0 Å². The number of benzene rings is 2. The van der Waals surface area contributed by atoms with E-state index in [1.807, 2.05) is 18.2 Å². The van der Waals surface area contributed by atoms with Crippen LogP contribution in [-0.2, 0) is 14.3 Å². The summed E-state index contributed by atoms with van der Waals surface area (Å²) in [5, 5.41) is 10.8. The molecule has 45 heavy (non-hydrogen) atoms. The minimum Gasteiger partial charge on any atom is -0.466 e. The van der Waals surface area contributed by atoms with Gasteiger partial charge in [0.05, 0.1) is 30.6 Å². The highest BCUT2D eigenvalue weighted by atomic mass is 19.1. The van der Waals surface area contributed by atoms with E-state index in [0.29, 0.717) is 69.4 Å². The lowest BCUT2D eigenvalue weighted by Crippen LogP contribution is -2.51. The van der Waals surface area contributed by atoms with Gasteiger partial charge in [0.15, 0.2) is 0 Å². The molecule has 1 saturated carbocycles. The zero-order valence-electron chi connectivity index (χ0n) is 25.7. The van der Waals surface area contributed by atoms with Crippen LogP contribution >= 0.6 is 0 Å². The molecular weight excluding hydrogens is 575 g/mol. The van der Waals surface area contributed by atoms with Crippen LogP contribution in [0.5, 0.6) is 0 Å². The molecule has 2 amide bonds. The molecule has 2 fully saturated rings. The highest BCUT2D eigenvalue weighted by molar-refractivity contribution is 5.97. The highest BCUT2D eigenvalue weighted by Gasteiger charge is 2.42. The van der Waals surface area contributed by atoms with Gasteiger partial charge >= 0.3 is 5.97 Å². The van der Waals surface area contributed by atoms with Crippen molar-refractivity contribution in [2.75, 3.05) is 32.8 Å². The molecule has 3 aromatic rings. The number of likely N-dealkylation sites (tertiary alicyclic amines) is 1. The number of carbonyl (C=O) groups excluding carboxylic acids is 3. The molecule has 10 nitrogen and oxygen atoms in total. The van der Waals surface area contributed by atoms with Crippen molar-refractivity contribution < 1.29 is 23.5 Å². The quantitative estimate of drug-likeness (QED) is 0.214. The number of piperidine rings is 1. The number of nitrogens with zero attached hydrogens (tertiary/aromatic N) is 5. The summed E-state index contributed by atoms with van der Waals surface area (Å²) in [5.41, 5.74) is 2.32. The van der Waals surface area contributed by atoms with Crippen molar-refractivity contribution in [1.29, 1.82) is 0 Å². The fraction of sp³-hybridized carbons (Fsp3) is 0.441. The summed E-state index contributed by atoms with van der Waals surface area (Å²) < 4.78 is 20.2. The van der Waals surface area contributed by atoms with Crippen LogP contribution in [0, 0.1) is 11.7 Å². The Balaban J connectivity index is 1.23. The molecule has 1 aliphatic carbocycles. The molecule has 2 heterocycles. The van der Waals surface area contributed by atoms with Gasteiger partial charge in [0.1, 0.15) is 11.9 Å². The largest absolute Gasteiger partial charge is 0.466 e. The third-order valence-corrected chi connectivity index (χ3v) is 8.67. The van der Waals surface area contributed by atoms with Crippen LogP contribution in [0.15, 0.2) is 73.6 Å². The van der Waals surface area contributed by atoms with Gasteiger partial charge in [-0.15, -0.1) is 11.7 Å². The molecule has 3 atom stereocenters. The van der Waals surface area contributed by atoms with E-state index in [1.54, 1.807) is 53.2 Å². The standard InChI is InChI=1S/C34H41FN6O4/c1-3-18-39(31-23-29(31)24-7-11-27(35)12-8-24)19-5-6-30(33(43)40-20-15-26(16-21-40)34(44)45-4-2)37-32(42)25-9-13-28(14-10-25)41-22-17-36-38-41/h3,7-14,17,22,26,29-31H,1,4-6,15-16,18-21,23H2,2H3,(H,37,42)/t29-,30?,31+/m0/s1. The van der Waals surface area contributed by atoms with Gasteiger partial charge in [-0.3, -0.25) is 19.3 Å². The number of carbonyl (C=O) groups is 3. The molecule has 0 bridgehead atoms. The lowest BCUT2D eigenvalue weighted by Gasteiger charge is -2.34. The van der Waals surface area contributed by atoms with Gasteiger partial charge in [-0.2, -0.15) is 0 Å². The third-order valence-electron chi connectivity index (χ3n) is 8.67. The lowest BCUT2D eigenvalue weighted by molar-refractivity contribution is -0.151. The maximum atomic E-state index is 13.8. The fourth-order valence-corrected chi connectivity index (χ4v) is 6.14. The number of esters is 1. The number of ether oxygens (including phenoxy) is 1. The molecule has 11 heteroatoms. The first-order chi connectivity index (χ1) is 21.9. The summed E-state index contributed by atoms with van der Waals surface area (Å²) in [6.45, 7) is 8.35. The second kappa shape index (κ2) is 15.1. The van der Waals surface area contributed by atoms with E-state index >= 15 is 0 Å². The monoisotopic (exact) mass is 616 g/mol. The average Bonchev–Trinajstić information content (AvgIpc) is 3.66. The van der Waals surface area contributed by atoms with Gasteiger partial charge in [0, 0.05) is 37.2 Å². The number of nitrogens with one attached hydrogen (secondary N) is 1. The van der Waals surface area contributed by atoms with Crippen LogP contribution < -0.4 is 5.32 Å². The van der Waals surface area contributed by atoms with E-state index in [4.69, 9.17) is 4.74 Å². The second-order valence-corrected chi connectivity index (χ2v) is 11.7. The van der Waals surface area contributed by atoms with Gasteiger partial charge in [-0.05, 0) is 87.5 Å². The first-order valence-electron chi connectivity index (χ1n) is 15.7. The van der Waals surface area contributed by atoms with E-state index in [0.717, 1.165) is 24.2 Å². The van der Waals surface area contributed by atoms with E-state index in [2.05, 4.69) is 27.1 Å². The Labute approximate surface area is 263 Å². The van der Waals surface area contributed by atoms with Gasteiger partial charge in [0.2, 0.25) is 5.91 Å². The molecule has 2 aliphatic rings. The third kappa shape index (κ3) is 8.21. The van der Waals surface area contributed by atoms with Crippen molar-refractivity contribution in [2.24, 2.45) is 5.92 Å². The van der Waals surface area contributed by atoms with Crippen LogP contribution in [0.4, 0.5) is 4.39 Å². The lowest BCUT2D eigenvalue weighted by atomic mass is 9.96. The summed E-state index contributed by atoms with van der Waals surface area (Å²) in [7, 11) is 0. The molecule has 238 valence electrons. The van der Waals surface area contributed by atoms with Gasteiger partial charge in [-0.1, -0.05) is 23.4 Å². The van der Waals surface area contributed by atoms with E-state index in [9.17, 15) is 18.8 Å². The van der Waals surface area contributed by atoms with Crippen LogP contribution in [0.3, 0.4) is 0 Å². The number of halogens is 1. The molecular formula is C34H41FN6O4. The minimum absolute atomic E-state index is 0.143. The van der Waals surface area contributed by atoms with Crippen molar-refractivity contribution in [2.45, 2.75) is 57.0 Å². The first-order valence-corrected chi connectivity index (χ1v) is 15.7. The van der Waals surface area contributed by atoms with E-state index in [1.165, 1.54) is 12.1 Å². The molecule has 0 spiro atoms. The van der Waals surface area contributed by atoms with Crippen molar-refractivity contribution in [3.05, 3.63) is 90.5 Å². The Morgan fingerprint density at radius 1 is 1.13 bits per heavy atom. The second-order valence-electron chi connectivity index (χ2n) is 11.7. The number of hydrogen-bond acceptors (Lipinski definition) is 7. The maximum Gasteiger partial charge on any atom is 0.309 e. The van der Waals surface area contributed by atoms with E-state index in [-0.39, 0.29) is 29.5 Å². The van der Waals surface area contributed by atoms with Crippen molar-refractivity contribution in [1.82, 2.24) is 30.1 Å². The van der Waals surface area contributed by atoms with Gasteiger partial charge < -0.3 is 15.0 Å². The summed E-state index contributed by atoms with van der Waals surface area (Å²) in [6, 6.07) is 13.3. The summed E-state index contributed by atoms with van der Waals surface area (Å²) in [6.07, 6.45) is 8.37. The zero-order chi connectivity index (χ0) is 31.8. The number of amides is 2. The molecule has 1 N–H and O–H groups in total. The van der Waals surface area contributed by atoms with Gasteiger partial charge in [-0.25, -0.2) is 9.07 Å². The average molecular weight is 617 g/mol. The topological polar surface area (TPSA) is 110 Å². The minimum atomic E-state index is -0.718. The van der Waals surface area contributed by atoms with Crippen LogP contribution in [0.1, 0.15) is 60.9 Å². The molecule has 1 saturated heterocycles. The summed E-state index contributed by atoms with van der Waals surface area (Å²) in [5.74, 6) is -0.815. The summed E-state index contributed by atoms with van der Waals surface area (Å²) >= 11 is 0. The Bertz CT molecular complexity index is 1440. The SMILES string of the molecule is C=CCN(CCCC(NC(=O)c1ccc(-n2ccnn2)cc1)C(=O)N1CCC(C(=O)OCC)CC1)[C@@H]1C[C@H]1c1ccc(F)cc1. The fourth-order valence-electron chi connectivity index (χ4n) is 6.14. The number of rotatable bonds is 14. The first kappa shape index (κ1) is 32.0. The smallest absolute Gasteiger partial charge is 0.309 e. The van der Waals surface area contributed by atoms with Crippen molar-refractivity contribution >= 4 is 17.8 Å². The van der Waals surface area contributed by atoms with Crippen LogP contribution in [-0.4, -0.2) is 87.4 Å². The molecule has 1 aliphatic heterocycles. The predicted molar refractivity (Wildman–Crippen MR) is 167 cm³/mol. The van der Waals surface area contributed by atoms with Crippen LogP contribution in [0.2, 0.25) is 0 Å². The summed E-state index contributed by atoms with van der Waals surface area (Å²) in [4.78, 5) is 43.5. The Morgan fingerprint density at radius 3 is 2.51 bits per heavy atom. The highest BCUT2D eigenvalue weighted by Crippen LogP contribution is 2.44. The van der Waals surface area contributed by atoms with Gasteiger partial charge in [0.25, 0.3) is 5.91 Å². The normalized spacial score (nSPS) is 18.8. The number of aromatic nitrogens is 3. The Hall–Kier alpha value is -4.38. The molecule has 0 radical (unpaired) electrons. The van der Waals surface area contributed by atoms with Crippen LogP contribution in [0.25, 0.3) is 5.69 Å². The predicted octanol–water partition coefficient (Wildman–Crippen LogP) is 4.13. The molecule has 1 unspecified atom stereocenters. The maximum absolute atomic E-state index is 13.8. The van der Waals surface area contributed by atoms with Crippen molar-refractivity contribution in [3.8, 4) is 5.69 Å². The molecule has 5 rings (SSSR count). The molecule has 2 aromatic carbocycles.